The molecule has 0 radical (unpaired) electrons. The van der Waals surface area contributed by atoms with E-state index in [1.807, 2.05) is 0 Å². The number of hydrogen-bond acceptors (Lipinski definition) is 3. The van der Waals surface area contributed by atoms with Gasteiger partial charge in [0.05, 0.1) is 15.6 Å². The maximum atomic E-state index is 12.1. The number of nitrogens with zero attached hydrogens (tertiary/aromatic N) is 1. The van der Waals surface area contributed by atoms with Crippen molar-refractivity contribution in [1.29, 1.82) is 0 Å². The van der Waals surface area contributed by atoms with Crippen molar-refractivity contribution in [2.75, 3.05) is 5.32 Å². The molecule has 0 bridgehead atoms. The molecule has 102 valence electrons. The first-order valence-corrected chi connectivity index (χ1v) is 6.25. The Morgan fingerprint density at radius 1 is 1.05 bits per heavy atom. The van der Waals surface area contributed by atoms with Crippen LogP contribution in [0.3, 0.4) is 0 Å². The molecule has 1 amide bonds. The Hall–Kier alpha value is -2.11. The third kappa shape index (κ3) is 2.89. The molecule has 2 rings (SSSR count). The van der Waals surface area contributed by atoms with Crippen molar-refractivity contribution in [2.24, 2.45) is 0 Å². The number of halogens is 2. The molecule has 0 atom stereocenters. The van der Waals surface area contributed by atoms with Gasteiger partial charge in [-0.2, -0.15) is 0 Å². The molecular weight excluding hydrogens is 303 g/mol. The lowest BCUT2D eigenvalue weighted by molar-refractivity contribution is -0.385. The summed E-state index contributed by atoms with van der Waals surface area (Å²) < 4.78 is 0. The summed E-state index contributed by atoms with van der Waals surface area (Å²) in [4.78, 5) is 22.4. The van der Waals surface area contributed by atoms with Crippen molar-refractivity contribution < 1.29 is 9.72 Å². The Bertz CT molecular complexity index is 689. The molecule has 0 fully saturated rings. The highest BCUT2D eigenvalue weighted by atomic mass is 35.5. The molecule has 0 saturated heterocycles. The molecule has 2 aromatic rings. The van der Waals surface area contributed by atoms with Crippen LogP contribution in [0.2, 0.25) is 10.0 Å². The fraction of sp³-hybridized carbons (Fsp3) is 0. The topological polar surface area (TPSA) is 72.2 Å². The number of benzene rings is 2. The van der Waals surface area contributed by atoms with Crippen LogP contribution in [-0.4, -0.2) is 10.8 Å². The number of carbonyl (C=O) groups excluding carboxylic acids is 1. The number of para-hydroxylation sites is 2. The monoisotopic (exact) mass is 310 g/mol. The van der Waals surface area contributed by atoms with Crippen LogP contribution in [0.5, 0.6) is 0 Å². The van der Waals surface area contributed by atoms with E-state index in [1.165, 1.54) is 18.2 Å². The Balaban J connectivity index is 2.38. The minimum Gasteiger partial charge on any atom is -0.320 e. The predicted octanol–water partition coefficient (Wildman–Crippen LogP) is 4.15. The van der Waals surface area contributed by atoms with Gasteiger partial charge < -0.3 is 5.32 Å². The first-order chi connectivity index (χ1) is 9.50. The number of nitro benzene ring substituents is 1. The molecular formula is C13H8Cl2N2O3. The van der Waals surface area contributed by atoms with Crippen LogP contribution in [0, 0.1) is 10.1 Å². The van der Waals surface area contributed by atoms with Crippen molar-refractivity contribution in [2.45, 2.75) is 0 Å². The Labute approximate surface area is 124 Å². The summed E-state index contributed by atoms with van der Waals surface area (Å²) in [5.41, 5.74) is -0.186. The quantitative estimate of drug-likeness (QED) is 0.683. The molecule has 0 aliphatic rings. The summed E-state index contributed by atoms with van der Waals surface area (Å²) in [6, 6.07) is 10.7. The maximum absolute atomic E-state index is 12.1. The van der Waals surface area contributed by atoms with E-state index in [0.29, 0.717) is 10.7 Å². The second kappa shape index (κ2) is 5.90. The number of hydrogen-bond donors (Lipinski definition) is 1. The molecule has 0 spiro atoms. The van der Waals surface area contributed by atoms with Gasteiger partial charge in [0.2, 0.25) is 0 Å². The smallest absolute Gasteiger partial charge is 0.300 e. The van der Waals surface area contributed by atoms with E-state index in [-0.39, 0.29) is 10.6 Å². The minimum absolute atomic E-state index is 0.0955. The Morgan fingerprint density at radius 2 is 1.70 bits per heavy atom. The summed E-state index contributed by atoms with van der Waals surface area (Å²) in [5.74, 6) is -0.646. The number of rotatable bonds is 3. The van der Waals surface area contributed by atoms with Gasteiger partial charge in [0.15, 0.2) is 0 Å². The van der Waals surface area contributed by atoms with Gasteiger partial charge in [-0.1, -0.05) is 41.4 Å². The van der Waals surface area contributed by atoms with Crippen LogP contribution >= 0.6 is 23.2 Å². The van der Waals surface area contributed by atoms with Crippen molar-refractivity contribution in [3.8, 4) is 0 Å². The van der Waals surface area contributed by atoms with Crippen molar-refractivity contribution >= 4 is 40.5 Å². The molecule has 0 unspecified atom stereocenters. The number of carbonyl (C=O) groups is 1. The fourth-order valence-corrected chi connectivity index (χ4v) is 2.06. The highest BCUT2D eigenvalue weighted by molar-refractivity contribution is 6.35. The third-order valence-electron chi connectivity index (χ3n) is 2.54. The van der Waals surface area contributed by atoms with Gasteiger partial charge in [-0.05, 0) is 24.3 Å². The summed E-state index contributed by atoms with van der Waals surface area (Å²) >= 11 is 11.7. The molecule has 1 N–H and O–H groups in total. The predicted molar refractivity (Wildman–Crippen MR) is 77.5 cm³/mol. The van der Waals surface area contributed by atoms with Gasteiger partial charge >= 0.3 is 5.69 Å². The largest absolute Gasteiger partial charge is 0.320 e. The van der Waals surface area contributed by atoms with Gasteiger partial charge in [-0.15, -0.1) is 0 Å². The van der Waals surface area contributed by atoms with Gasteiger partial charge in [-0.3, -0.25) is 14.9 Å². The van der Waals surface area contributed by atoms with Gasteiger partial charge in [-0.25, -0.2) is 0 Å². The fourth-order valence-electron chi connectivity index (χ4n) is 1.64. The van der Waals surface area contributed by atoms with Crippen molar-refractivity contribution in [3.63, 3.8) is 0 Å². The second-order valence-corrected chi connectivity index (χ2v) is 4.64. The number of amides is 1. The van der Waals surface area contributed by atoms with E-state index in [0.717, 1.165) is 0 Å². The first-order valence-electron chi connectivity index (χ1n) is 5.49. The lowest BCUT2D eigenvalue weighted by Crippen LogP contribution is -2.14. The van der Waals surface area contributed by atoms with Crippen LogP contribution in [-0.2, 0) is 0 Å². The zero-order valence-electron chi connectivity index (χ0n) is 9.97. The average Bonchev–Trinajstić information content (AvgIpc) is 2.40. The van der Waals surface area contributed by atoms with Crippen LogP contribution in [0.4, 0.5) is 11.4 Å². The van der Waals surface area contributed by atoms with E-state index in [2.05, 4.69) is 5.32 Å². The Morgan fingerprint density at radius 3 is 2.35 bits per heavy atom. The SMILES string of the molecule is O=C(Nc1ccccc1Cl)c1cccc(Cl)c1[N+](=O)[O-]. The molecule has 0 saturated carbocycles. The van der Waals surface area contributed by atoms with Crippen LogP contribution in [0.15, 0.2) is 42.5 Å². The van der Waals surface area contributed by atoms with E-state index in [4.69, 9.17) is 23.2 Å². The van der Waals surface area contributed by atoms with Crippen LogP contribution in [0.1, 0.15) is 10.4 Å². The minimum atomic E-state index is -0.691. The van der Waals surface area contributed by atoms with Crippen LogP contribution < -0.4 is 5.32 Å². The highest BCUT2D eigenvalue weighted by Crippen LogP contribution is 2.29. The zero-order valence-corrected chi connectivity index (χ0v) is 11.5. The van der Waals surface area contributed by atoms with E-state index < -0.39 is 16.5 Å². The summed E-state index contributed by atoms with van der Waals surface area (Å²) in [6.07, 6.45) is 0. The number of nitrogens with one attached hydrogen (secondary N) is 1. The first kappa shape index (κ1) is 14.3. The second-order valence-electron chi connectivity index (χ2n) is 3.83. The van der Waals surface area contributed by atoms with Gasteiger partial charge in [0, 0.05) is 0 Å². The molecule has 0 aliphatic heterocycles. The summed E-state index contributed by atoms with van der Waals surface area (Å²) in [6.45, 7) is 0. The highest BCUT2D eigenvalue weighted by Gasteiger charge is 2.23. The molecule has 5 nitrogen and oxygen atoms in total. The maximum Gasteiger partial charge on any atom is 0.300 e. The van der Waals surface area contributed by atoms with Gasteiger partial charge in [0.1, 0.15) is 10.6 Å². The molecule has 0 aliphatic carbocycles. The van der Waals surface area contributed by atoms with E-state index in [1.54, 1.807) is 24.3 Å². The number of anilines is 1. The van der Waals surface area contributed by atoms with Crippen molar-refractivity contribution in [1.82, 2.24) is 0 Å². The van der Waals surface area contributed by atoms with Crippen molar-refractivity contribution in [3.05, 3.63) is 68.2 Å². The van der Waals surface area contributed by atoms with Crippen LogP contribution in [0.25, 0.3) is 0 Å². The van der Waals surface area contributed by atoms with Gasteiger partial charge in [0.25, 0.3) is 5.91 Å². The van der Waals surface area contributed by atoms with E-state index in [9.17, 15) is 14.9 Å². The average molecular weight is 311 g/mol. The normalized spacial score (nSPS) is 10.1. The lowest BCUT2D eigenvalue weighted by Gasteiger charge is -2.07. The molecule has 0 aromatic heterocycles. The Kier molecular flexibility index (Phi) is 4.22. The molecule has 0 heterocycles. The third-order valence-corrected chi connectivity index (χ3v) is 3.17. The van der Waals surface area contributed by atoms with E-state index >= 15 is 0 Å². The molecule has 20 heavy (non-hydrogen) atoms. The zero-order chi connectivity index (χ0) is 14.7. The molecule has 2 aromatic carbocycles. The standard InChI is InChI=1S/C13H8Cl2N2O3/c14-9-5-1-2-7-11(9)16-13(18)8-4-3-6-10(15)12(8)17(19)20/h1-7H,(H,16,18). The summed E-state index contributed by atoms with van der Waals surface area (Å²) in [5, 5.41) is 13.7. The summed E-state index contributed by atoms with van der Waals surface area (Å²) in [7, 11) is 0. The number of nitro groups is 1. The lowest BCUT2D eigenvalue weighted by atomic mass is 10.1. The molecule has 7 heteroatoms.